The summed E-state index contributed by atoms with van der Waals surface area (Å²) in [6.45, 7) is 3.00. The van der Waals surface area contributed by atoms with Crippen molar-refractivity contribution in [2.75, 3.05) is 25.2 Å². The lowest BCUT2D eigenvalue weighted by atomic mass is 10.0. The lowest BCUT2D eigenvalue weighted by molar-refractivity contribution is 0.194. The van der Waals surface area contributed by atoms with Crippen molar-refractivity contribution in [3.05, 3.63) is 42.2 Å². The lowest BCUT2D eigenvalue weighted by Crippen LogP contribution is -2.25. The highest BCUT2D eigenvalue weighted by atomic mass is 16.5. The zero-order valence-electron chi connectivity index (χ0n) is 13.3. The summed E-state index contributed by atoms with van der Waals surface area (Å²) in [6, 6.07) is 9.78. The van der Waals surface area contributed by atoms with E-state index in [0.29, 0.717) is 25.5 Å². The van der Waals surface area contributed by atoms with Crippen LogP contribution in [0.4, 0.5) is 5.82 Å². The van der Waals surface area contributed by atoms with Crippen LogP contribution in [-0.4, -0.2) is 41.4 Å². The first-order chi connectivity index (χ1) is 11.2. The Kier molecular flexibility index (Phi) is 4.62. The maximum Gasteiger partial charge on any atom is 0.218 e. The molecule has 0 spiro atoms. The zero-order chi connectivity index (χ0) is 16.2. The third-order valence-corrected chi connectivity index (χ3v) is 3.97. The molecule has 0 amide bonds. The monoisotopic (exact) mass is 315 g/mol. The highest BCUT2D eigenvalue weighted by Gasteiger charge is 2.33. The summed E-state index contributed by atoms with van der Waals surface area (Å²) in [4.78, 5) is 10.5. The second kappa shape index (κ2) is 6.83. The molecule has 0 aliphatic carbocycles. The van der Waals surface area contributed by atoms with Crippen molar-refractivity contribution in [3.63, 3.8) is 0 Å². The number of hydrogen-bond acceptors (Lipinski definition) is 6. The molecule has 1 aliphatic rings. The molecule has 2 atom stereocenters. The van der Waals surface area contributed by atoms with Crippen LogP contribution in [0.1, 0.15) is 24.9 Å². The topological polar surface area (TPSA) is 67.7 Å². The van der Waals surface area contributed by atoms with Gasteiger partial charge in [0.15, 0.2) is 0 Å². The number of anilines is 1. The number of nitrogens with zero attached hydrogens (tertiary/aromatic N) is 3. The van der Waals surface area contributed by atoms with E-state index in [0.717, 1.165) is 17.1 Å². The molecule has 23 heavy (non-hydrogen) atoms. The van der Waals surface area contributed by atoms with Gasteiger partial charge in [-0.05, 0) is 31.0 Å². The first-order valence-corrected chi connectivity index (χ1v) is 7.74. The Labute approximate surface area is 135 Å². The molecule has 2 aromatic rings. The van der Waals surface area contributed by atoms with Crippen LogP contribution in [0.15, 0.2) is 36.7 Å². The largest absolute Gasteiger partial charge is 0.497 e. The average molecular weight is 315 g/mol. The van der Waals surface area contributed by atoms with Gasteiger partial charge in [0.05, 0.1) is 25.9 Å². The Morgan fingerprint density at radius 2 is 2.17 bits per heavy atom. The van der Waals surface area contributed by atoms with Gasteiger partial charge in [-0.3, -0.25) is 0 Å². The van der Waals surface area contributed by atoms with Crippen molar-refractivity contribution in [1.29, 1.82) is 0 Å². The van der Waals surface area contributed by atoms with E-state index in [1.807, 2.05) is 37.3 Å². The number of rotatable bonds is 5. The van der Waals surface area contributed by atoms with Crippen LogP contribution in [0.3, 0.4) is 0 Å². The first kappa shape index (κ1) is 15.6. The third kappa shape index (κ3) is 3.37. The number of methoxy groups -OCH3 is 1. The van der Waals surface area contributed by atoms with Gasteiger partial charge in [0.2, 0.25) is 5.88 Å². The zero-order valence-corrected chi connectivity index (χ0v) is 13.3. The second-order valence-corrected chi connectivity index (χ2v) is 5.48. The molecule has 1 saturated heterocycles. The molecule has 6 heteroatoms. The summed E-state index contributed by atoms with van der Waals surface area (Å²) in [5, 5.41) is 10.1. The van der Waals surface area contributed by atoms with E-state index in [1.54, 1.807) is 7.11 Å². The molecule has 6 nitrogen and oxygen atoms in total. The first-order valence-electron chi connectivity index (χ1n) is 7.74. The van der Waals surface area contributed by atoms with Crippen molar-refractivity contribution in [1.82, 2.24) is 9.97 Å². The molecule has 0 unspecified atom stereocenters. The van der Waals surface area contributed by atoms with Crippen LogP contribution in [0, 0.1) is 0 Å². The SMILES string of the molecule is CCOc1cc(N2C[C@H](O)C[C@H]2c2cccc(OC)c2)ncn1. The maximum atomic E-state index is 10.1. The normalized spacial score (nSPS) is 20.6. The molecular formula is C17H21N3O3. The number of ether oxygens (including phenoxy) is 2. The van der Waals surface area contributed by atoms with E-state index in [2.05, 4.69) is 14.9 Å². The lowest BCUT2D eigenvalue weighted by Gasteiger charge is -2.26. The molecule has 0 radical (unpaired) electrons. The van der Waals surface area contributed by atoms with E-state index in [1.165, 1.54) is 6.33 Å². The quantitative estimate of drug-likeness (QED) is 0.912. The van der Waals surface area contributed by atoms with Crippen LogP contribution >= 0.6 is 0 Å². The minimum absolute atomic E-state index is 0.0458. The number of hydrogen-bond donors (Lipinski definition) is 1. The standard InChI is InChI=1S/C17H21N3O3/c1-3-23-17-9-16(18-11-19-17)20-10-13(21)8-15(20)12-5-4-6-14(7-12)22-2/h4-7,9,11,13,15,21H,3,8,10H2,1-2H3/t13-,15+/m1/s1. The Morgan fingerprint density at radius 1 is 1.30 bits per heavy atom. The van der Waals surface area contributed by atoms with Crippen LogP contribution in [0.5, 0.6) is 11.6 Å². The molecule has 122 valence electrons. The number of aliphatic hydroxyl groups excluding tert-OH is 1. The highest BCUT2D eigenvalue weighted by Crippen LogP contribution is 2.37. The van der Waals surface area contributed by atoms with Crippen molar-refractivity contribution in [2.24, 2.45) is 0 Å². The van der Waals surface area contributed by atoms with Crippen molar-refractivity contribution in [3.8, 4) is 11.6 Å². The van der Waals surface area contributed by atoms with Crippen LogP contribution in [0.2, 0.25) is 0 Å². The van der Waals surface area contributed by atoms with Crippen LogP contribution in [0.25, 0.3) is 0 Å². The van der Waals surface area contributed by atoms with Gasteiger partial charge in [-0.25, -0.2) is 9.97 Å². The van der Waals surface area contributed by atoms with E-state index in [-0.39, 0.29) is 6.04 Å². The van der Waals surface area contributed by atoms with E-state index >= 15 is 0 Å². The van der Waals surface area contributed by atoms with Gasteiger partial charge in [0.1, 0.15) is 17.9 Å². The van der Waals surface area contributed by atoms with E-state index < -0.39 is 6.10 Å². The summed E-state index contributed by atoms with van der Waals surface area (Å²) in [6.07, 6.45) is 1.76. The summed E-state index contributed by atoms with van der Waals surface area (Å²) in [7, 11) is 1.65. The molecule has 1 aromatic heterocycles. The van der Waals surface area contributed by atoms with Crippen LogP contribution in [-0.2, 0) is 0 Å². The number of aliphatic hydroxyl groups is 1. The number of aromatic nitrogens is 2. The third-order valence-electron chi connectivity index (χ3n) is 3.97. The number of β-amino-alcohol motifs (C(OH)–C–C–N with tert-alkyl or cyclic N) is 1. The Morgan fingerprint density at radius 3 is 2.96 bits per heavy atom. The molecule has 0 bridgehead atoms. The van der Waals surface area contributed by atoms with E-state index in [4.69, 9.17) is 9.47 Å². The fraction of sp³-hybridized carbons (Fsp3) is 0.412. The molecule has 1 N–H and O–H groups in total. The number of benzene rings is 1. The highest BCUT2D eigenvalue weighted by molar-refractivity contribution is 5.47. The molecule has 3 rings (SSSR count). The maximum absolute atomic E-state index is 10.1. The molecular weight excluding hydrogens is 294 g/mol. The van der Waals surface area contributed by atoms with Gasteiger partial charge in [-0.2, -0.15) is 0 Å². The van der Waals surface area contributed by atoms with Gasteiger partial charge in [0, 0.05) is 12.6 Å². The summed E-state index contributed by atoms with van der Waals surface area (Å²) in [5.74, 6) is 2.11. The molecule has 1 aliphatic heterocycles. The van der Waals surface area contributed by atoms with Crippen molar-refractivity contribution >= 4 is 5.82 Å². The molecule has 2 heterocycles. The molecule has 1 fully saturated rings. The minimum atomic E-state index is -0.392. The summed E-state index contributed by atoms with van der Waals surface area (Å²) < 4.78 is 10.8. The van der Waals surface area contributed by atoms with Gasteiger partial charge < -0.3 is 19.5 Å². The molecule has 1 aromatic carbocycles. The Bertz CT molecular complexity index is 665. The summed E-state index contributed by atoms with van der Waals surface area (Å²) in [5.41, 5.74) is 1.09. The fourth-order valence-electron chi connectivity index (χ4n) is 2.95. The average Bonchev–Trinajstić information content (AvgIpc) is 2.97. The van der Waals surface area contributed by atoms with Gasteiger partial charge >= 0.3 is 0 Å². The predicted octanol–water partition coefficient (Wildman–Crippen LogP) is 2.20. The molecule has 0 saturated carbocycles. The predicted molar refractivity (Wildman–Crippen MR) is 86.9 cm³/mol. The van der Waals surface area contributed by atoms with Gasteiger partial charge in [-0.15, -0.1) is 0 Å². The van der Waals surface area contributed by atoms with Crippen molar-refractivity contribution in [2.45, 2.75) is 25.5 Å². The second-order valence-electron chi connectivity index (χ2n) is 5.48. The van der Waals surface area contributed by atoms with E-state index in [9.17, 15) is 5.11 Å². The van der Waals surface area contributed by atoms with Crippen LogP contribution < -0.4 is 14.4 Å². The van der Waals surface area contributed by atoms with Gasteiger partial charge in [-0.1, -0.05) is 12.1 Å². The Hall–Kier alpha value is -2.34. The minimum Gasteiger partial charge on any atom is -0.497 e. The van der Waals surface area contributed by atoms with Gasteiger partial charge in [0.25, 0.3) is 0 Å². The fourth-order valence-corrected chi connectivity index (χ4v) is 2.95. The van der Waals surface area contributed by atoms with Crippen molar-refractivity contribution < 1.29 is 14.6 Å². The Balaban J connectivity index is 1.91. The summed E-state index contributed by atoms with van der Waals surface area (Å²) >= 11 is 0. The smallest absolute Gasteiger partial charge is 0.218 e.